The summed E-state index contributed by atoms with van der Waals surface area (Å²) in [5.74, 6) is -0.825. The molecule has 0 aromatic heterocycles. The van der Waals surface area contributed by atoms with Gasteiger partial charge in [0.2, 0.25) is 0 Å². The maximum Gasteiger partial charge on any atom is 0.306 e. The number of esters is 3. The fraction of sp³-hybridized carbons (Fsp3) is 0.907. The topological polar surface area (TPSA) is 78.9 Å². The monoisotopic (exact) mass is 1140 g/mol. The number of hydrogen-bond donors (Lipinski definition) is 0. The van der Waals surface area contributed by atoms with Crippen LogP contribution in [0.25, 0.3) is 0 Å². The highest BCUT2D eigenvalue weighted by molar-refractivity contribution is 5.71. The van der Waals surface area contributed by atoms with E-state index in [-0.39, 0.29) is 31.1 Å². The first-order valence-corrected chi connectivity index (χ1v) is 36.8. The molecule has 0 aromatic carbocycles. The van der Waals surface area contributed by atoms with Crippen molar-refractivity contribution in [2.75, 3.05) is 13.2 Å². The molecule has 0 fully saturated rings. The smallest absolute Gasteiger partial charge is 0.306 e. The van der Waals surface area contributed by atoms with Crippen molar-refractivity contribution in [1.29, 1.82) is 0 Å². The summed E-state index contributed by atoms with van der Waals surface area (Å²) < 4.78 is 17.0. The molecule has 1 atom stereocenters. The summed E-state index contributed by atoms with van der Waals surface area (Å²) in [6, 6.07) is 0. The van der Waals surface area contributed by atoms with Gasteiger partial charge in [0.15, 0.2) is 6.10 Å². The van der Waals surface area contributed by atoms with E-state index in [0.29, 0.717) is 19.3 Å². The summed E-state index contributed by atoms with van der Waals surface area (Å²) >= 11 is 0. The predicted molar refractivity (Wildman–Crippen MR) is 353 cm³/mol. The van der Waals surface area contributed by atoms with Crippen molar-refractivity contribution in [2.45, 2.75) is 425 Å². The summed E-state index contributed by atoms with van der Waals surface area (Å²) in [7, 11) is 0. The molecule has 0 heterocycles. The van der Waals surface area contributed by atoms with Gasteiger partial charge in [-0.05, 0) is 51.4 Å². The van der Waals surface area contributed by atoms with E-state index in [1.807, 2.05) is 0 Å². The van der Waals surface area contributed by atoms with Crippen LogP contribution in [0.5, 0.6) is 0 Å². The van der Waals surface area contributed by atoms with Gasteiger partial charge in [0, 0.05) is 19.3 Å². The van der Waals surface area contributed by atoms with Gasteiger partial charge in [-0.15, -0.1) is 0 Å². The van der Waals surface area contributed by atoms with Gasteiger partial charge in [-0.25, -0.2) is 0 Å². The molecule has 0 aliphatic heterocycles. The summed E-state index contributed by atoms with van der Waals surface area (Å²) in [4.78, 5) is 38.5. The zero-order chi connectivity index (χ0) is 58.5. The Morgan fingerprint density at radius 2 is 0.444 bits per heavy atom. The van der Waals surface area contributed by atoms with E-state index in [2.05, 4.69) is 45.1 Å². The van der Waals surface area contributed by atoms with E-state index in [9.17, 15) is 14.4 Å². The van der Waals surface area contributed by atoms with Gasteiger partial charge in [-0.1, -0.05) is 373 Å². The Bertz CT molecular complexity index is 1310. The quantitative estimate of drug-likeness (QED) is 0.0261. The normalized spacial score (nSPS) is 12.1. The van der Waals surface area contributed by atoms with E-state index < -0.39 is 6.10 Å². The van der Waals surface area contributed by atoms with Gasteiger partial charge in [0.25, 0.3) is 0 Å². The SMILES string of the molecule is CCCCCCC/C=C\C/C=C\CCCCCCCCCCCCCCCCCCCCCC(=O)OCC(COC(=O)CCCCCCCCCCCCCCCCCC)OC(=O)CCCCCCCCCCCCCCCCCC. The van der Waals surface area contributed by atoms with Gasteiger partial charge < -0.3 is 14.2 Å². The average molecular weight is 1140 g/mol. The van der Waals surface area contributed by atoms with Gasteiger partial charge in [-0.2, -0.15) is 0 Å². The molecule has 6 nitrogen and oxygen atoms in total. The fourth-order valence-corrected chi connectivity index (χ4v) is 11.4. The van der Waals surface area contributed by atoms with E-state index in [1.165, 1.54) is 315 Å². The third-order valence-corrected chi connectivity index (χ3v) is 17.0. The van der Waals surface area contributed by atoms with E-state index >= 15 is 0 Å². The Morgan fingerprint density at radius 1 is 0.247 bits per heavy atom. The predicted octanol–water partition coefficient (Wildman–Crippen LogP) is 25.3. The van der Waals surface area contributed by atoms with Crippen molar-refractivity contribution >= 4 is 17.9 Å². The molecule has 0 aliphatic carbocycles. The highest BCUT2D eigenvalue weighted by atomic mass is 16.6. The van der Waals surface area contributed by atoms with E-state index in [1.54, 1.807) is 0 Å². The second-order valence-corrected chi connectivity index (χ2v) is 25.2. The molecule has 478 valence electrons. The molecular weight excluding hydrogens is 997 g/mol. The summed E-state index contributed by atoms with van der Waals surface area (Å²) in [5.41, 5.74) is 0. The Hall–Kier alpha value is -2.11. The number of rotatable bonds is 69. The zero-order valence-electron chi connectivity index (χ0n) is 55.1. The van der Waals surface area contributed by atoms with E-state index in [0.717, 1.165) is 64.2 Å². The molecule has 0 spiro atoms. The van der Waals surface area contributed by atoms with Gasteiger partial charge >= 0.3 is 17.9 Å². The van der Waals surface area contributed by atoms with Gasteiger partial charge in [-0.3, -0.25) is 14.4 Å². The van der Waals surface area contributed by atoms with Crippen LogP contribution in [0.3, 0.4) is 0 Å². The van der Waals surface area contributed by atoms with Crippen LogP contribution in [0.1, 0.15) is 419 Å². The third kappa shape index (κ3) is 68.6. The van der Waals surface area contributed by atoms with Crippen LogP contribution in [-0.4, -0.2) is 37.2 Å². The maximum absolute atomic E-state index is 12.9. The molecule has 0 rings (SSSR count). The molecule has 0 aromatic rings. The maximum atomic E-state index is 12.9. The van der Waals surface area contributed by atoms with Crippen LogP contribution in [0.4, 0.5) is 0 Å². The first-order valence-electron chi connectivity index (χ1n) is 36.8. The second-order valence-electron chi connectivity index (χ2n) is 25.2. The van der Waals surface area contributed by atoms with Crippen LogP contribution in [0.15, 0.2) is 24.3 Å². The summed E-state index contributed by atoms with van der Waals surface area (Å²) in [6.07, 6.45) is 86.5. The molecule has 0 saturated carbocycles. The molecule has 0 bridgehead atoms. The minimum absolute atomic E-state index is 0.0626. The highest BCUT2D eigenvalue weighted by Crippen LogP contribution is 2.19. The van der Waals surface area contributed by atoms with Crippen molar-refractivity contribution in [2.24, 2.45) is 0 Å². The Kier molecular flexibility index (Phi) is 68.5. The van der Waals surface area contributed by atoms with Crippen LogP contribution >= 0.6 is 0 Å². The number of carbonyl (C=O) groups is 3. The van der Waals surface area contributed by atoms with Crippen LogP contribution in [0.2, 0.25) is 0 Å². The van der Waals surface area contributed by atoms with Gasteiger partial charge in [0.1, 0.15) is 13.2 Å². The fourth-order valence-electron chi connectivity index (χ4n) is 11.4. The first-order chi connectivity index (χ1) is 40.0. The number of allylic oxidation sites excluding steroid dienone is 4. The van der Waals surface area contributed by atoms with Crippen molar-refractivity contribution in [3.05, 3.63) is 24.3 Å². The van der Waals surface area contributed by atoms with Crippen molar-refractivity contribution < 1.29 is 28.6 Å². The van der Waals surface area contributed by atoms with Crippen LogP contribution in [0, 0.1) is 0 Å². The van der Waals surface area contributed by atoms with Crippen LogP contribution in [-0.2, 0) is 28.6 Å². The third-order valence-electron chi connectivity index (χ3n) is 17.0. The molecular formula is C75H142O6. The number of hydrogen-bond acceptors (Lipinski definition) is 6. The lowest BCUT2D eigenvalue weighted by atomic mass is 10.0. The lowest BCUT2D eigenvalue weighted by Crippen LogP contribution is -2.30. The molecule has 0 aliphatic rings. The molecule has 81 heavy (non-hydrogen) atoms. The Balaban J connectivity index is 4.15. The van der Waals surface area contributed by atoms with Gasteiger partial charge in [0.05, 0.1) is 0 Å². The molecule has 0 radical (unpaired) electrons. The van der Waals surface area contributed by atoms with E-state index in [4.69, 9.17) is 14.2 Å². The standard InChI is InChI=1S/C75H142O6/c1-4-7-10-13-16-19-22-25-28-31-32-33-34-35-36-37-38-39-40-41-42-43-44-45-48-50-53-56-59-62-65-68-74(77)80-71-72(81-75(78)69-66-63-60-57-54-51-47-30-27-24-21-18-15-12-9-6-3)70-79-73(76)67-64-61-58-55-52-49-46-29-26-23-20-17-14-11-8-5-2/h22,25,31-32,72H,4-21,23-24,26-30,33-71H2,1-3H3/b25-22-,32-31-. The Labute approximate surface area is 506 Å². The highest BCUT2D eigenvalue weighted by Gasteiger charge is 2.20. The minimum atomic E-state index is -0.766. The summed E-state index contributed by atoms with van der Waals surface area (Å²) in [6.45, 7) is 6.72. The number of ether oxygens (including phenoxy) is 3. The van der Waals surface area contributed by atoms with Crippen molar-refractivity contribution in [1.82, 2.24) is 0 Å². The number of carbonyl (C=O) groups excluding carboxylic acids is 3. The van der Waals surface area contributed by atoms with Crippen molar-refractivity contribution in [3.63, 3.8) is 0 Å². The van der Waals surface area contributed by atoms with Crippen molar-refractivity contribution in [3.8, 4) is 0 Å². The largest absolute Gasteiger partial charge is 0.462 e. The lowest BCUT2D eigenvalue weighted by Gasteiger charge is -2.18. The second kappa shape index (κ2) is 70.4. The molecule has 6 heteroatoms. The summed E-state index contributed by atoms with van der Waals surface area (Å²) in [5, 5.41) is 0. The zero-order valence-corrected chi connectivity index (χ0v) is 55.1. The minimum Gasteiger partial charge on any atom is -0.462 e. The first kappa shape index (κ1) is 78.9. The Morgan fingerprint density at radius 3 is 0.679 bits per heavy atom. The number of unbranched alkanes of at least 4 members (excludes halogenated alkanes) is 54. The van der Waals surface area contributed by atoms with Crippen LogP contribution < -0.4 is 0 Å². The molecule has 1 unspecified atom stereocenters. The molecule has 0 N–H and O–H groups in total. The molecule has 0 amide bonds. The lowest BCUT2D eigenvalue weighted by molar-refractivity contribution is -0.167. The molecule has 0 saturated heterocycles. The average Bonchev–Trinajstić information content (AvgIpc) is 3.47.